The largest absolute Gasteiger partial charge is 0.451 e. The fraction of sp³-hybridized carbons (Fsp3) is 0.438. The van der Waals surface area contributed by atoms with Crippen molar-refractivity contribution in [2.45, 2.75) is 31.7 Å². The number of nitrogens with two attached hydrogens (primary N) is 1. The van der Waals surface area contributed by atoms with E-state index in [-0.39, 0.29) is 44.0 Å². The number of aromatic nitrogens is 3. The zero-order chi connectivity index (χ0) is 21.3. The predicted molar refractivity (Wildman–Crippen MR) is 84.8 cm³/mol. The van der Waals surface area contributed by atoms with Crippen LogP contribution in [0.1, 0.15) is 17.2 Å². The summed E-state index contributed by atoms with van der Waals surface area (Å²) in [6, 6.07) is 0.147. The van der Waals surface area contributed by atoms with E-state index in [2.05, 4.69) is 10.2 Å². The van der Waals surface area contributed by atoms with Crippen LogP contribution in [0.25, 0.3) is 0 Å². The van der Waals surface area contributed by atoms with Gasteiger partial charge in [0.1, 0.15) is 12.4 Å². The molecule has 1 atom stereocenters. The van der Waals surface area contributed by atoms with E-state index in [1.165, 1.54) is 0 Å². The van der Waals surface area contributed by atoms with Crippen LogP contribution in [0, 0.1) is 17.5 Å². The van der Waals surface area contributed by atoms with Gasteiger partial charge in [-0.1, -0.05) is 0 Å². The lowest BCUT2D eigenvalue weighted by Gasteiger charge is -2.27. The third-order valence-electron chi connectivity index (χ3n) is 4.26. The highest BCUT2D eigenvalue weighted by molar-refractivity contribution is 5.67. The molecule has 1 aromatic heterocycles. The Kier molecular flexibility index (Phi) is 5.68. The molecule has 2 aromatic rings. The van der Waals surface area contributed by atoms with Gasteiger partial charge in [0.05, 0.1) is 6.54 Å². The van der Waals surface area contributed by atoms with Gasteiger partial charge >= 0.3 is 12.3 Å². The maximum absolute atomic E-state index is 13.6. The van der Waals surface area contributed by atoms with Crippen molar-refractivity contribution in [1.29, 1.82) is 0 Å². The summed E-state index contributed by atoms with van der Waals surface area (Å²) in [5.74, 6) is -4.74. The van der Waals surface area contributed by atoms with Gasteiger partial charge in [-0.15, -0.1) is 10.2 Å². The van der Waals surface area contributed by atoms with Gasteiger partial charge in [0.15, 0.2) is 17.5 Å². The summed E-state index contributed by atoms with van der Waals surface area (Å²) in [5.41, 5.74) is 5.56. The molecule has 29 heavy (non-hydrogen) atoms. The van der Waals surface area contributed by atoms with Crippen LogP contribution < -0.4 is 5.73 Å². The minimum atomic E-state index is -4.66. The van der Waals surface area contributed by atoms with Crippen molar-refractivity contribution in [1.82, 2.24) is 19.7 Å². The molecule has 1 amide bonds. The normalized spacial score (nSPS) is 15.2. The van der Waals surface area contributed by atoms with Crippen LogP contribution in [-0.2, 0) is 30.4 Å². The second-order valence-corrected chi connectivity index (χ2v) is 6.41. The van der Waals surface area contributed by atoms with E-state index in [1.54, 1.807) is 0 Å². The molecular weight excluding hydrogens is 408 g/mol. The van der Waals surface area contributed by atoms with Gasteiger partial charge in [-0.05, 0) is 18.1 Å². The summed E-state index contributed by atoms with van der Waals surface area (Å²) in [6.45, 7) is -0.846. The molecule has 0 aliphatic carbocycles. The van der Waals surface area contributed by atoms with E-state index in [0.717, 1.165) is 9.47 Å². The third kappa shape index (κ3) is 4.60. The average molecular weight is 423 g/mol. The lowest BCUT2D eigenvalue weighted by atomic mass is 10.1. The Morgan fingerprint density at radius 3 is 2.52 bits per heavy atom. The van der Waals surface area contributed by atoms with Crippen molar-refractivity contribution in [3.05, 3.63) is 46.8 Å². The molecule has 1 aliphatic rings. The summed E-state index contributed by atoms with van der Waals surface area (Å²) in [6.07, 6.45) is -5.73. The maximum atomic E-state index is 13.6. The minimum absolute atomic E-state index is 0.0475. The summed E-state index contributed by atoms with van der Waals surface area (Å²) < 4.78 is 84.1. The summed E-state index contributed by atoms with van der Waals surface area (Å²) in [4.78, 5) is 13.2. The summed E-state index contributed by atoms with van der Waals surface area (Å²) in [5, 5.41) is 6.54. The second-order valence-electron chi connectivity index (χ2n) is 6.41. The van der Waals surface area contributed by atoms with E-state index in [1.807, 2.05) is 0 Å². The Morgan fingerprint density at radius 2 is 1.83 bits per heavy atom. The molecule has 0 saturated heterocycles. The number of amides is 1. The SMILES string of the molecule is N[C@@H](COC(=O)N1CCn2c(nnc2C(F)(F)F)C1)Cc1cc(F)c(F)cc1F. The van der Waals surface area contributed by atoms with E-state index >= 15 is 0 Å². The van der Waals surface area contributed by atoms with Crippen LogP contribution >= 0.6 is 0 Å². The number of nitrogens with zero attached hydrogens (tertiary/aromatic N) is 4. The molecule has 0 radical (unpaired) electrons. The van der Waals surface area contributed by atoms with Crippen molar-refractivity contribution in [2.75, 3.05) is 13.2 Å². The molecule has 0 bridgehead atoms. The average Bonchev–Trinajstić information content (AvgIpc) is 3.07. The number of alkyl halides is 3. The van der Waals surface area contributed by atoms with Crippen LogP contribution in [-0.4, -0.2) is 45.0 Å². The third-order valence-corrected chi connectivity index (χ3v) is 4.26. The van der Waals surface area contributed by atoms with Gasteiger partial charge in [-0.2, -0.15) is 13.2 Å². The van der Waals surface area contributed by atoms with Crippen molar-refractivity contribution in [3.63, 3.8) is 0 Å². The number of benzene rings is 1. The first-order valence-electron chi connectivity index (χ1n) is 8.36. The second kappa shape index (κ2) is 7.89. The van der Waals surface area contributed by atoms with Crippen molar-refractivity contribution < 1.29 is 35.9 Å². The first-order valence-corrected chi connectivity index (χ1v) is 8.36. The van der Waals surface area contributed by atoms with Gasteiger partial charge in [0.25, 0.3) is 0 Å². The van der Waals surface area contributed by atoms with Gasteiger partial charge in [-0.25, -0.2) is 18.0 Å². The first-order chi connectivity index (χ1) is 13.6. The molecule has 7 nitrogen and oxygen atoms in total. The molecular formula is C16H15F6N5O2. The number of ether oxygens (including phenoxy) is 1. The highest BCUT2D eigenvalue weighted by atomic mass is 19.4. The van der Waals surface area contributed by atoms with Crippen molar-refractivity contribution >= 4 is 6.09 Å². The molecule has 2 N–H and O–H groups in total. The highest BCUT2D eigenvalue weighted by Gasteiger charge is 2.40. The van der Waals surface area contributed by atoms with Crippen LogP contribution in [0.15, 0.2) is 12.1 Å². The Hall–Kier alpha value is -2.83. The Morgan fingerprint density at radius 1 is 1.14 bits per heavy atom. The van der Waals surface area contributed by atoms with Gasteiger partial charge < -0.3 is 15.0 Å². The van der Waals surface area contributed by atoms with E-state index in [0.29, 0.717) is 12.1 Å². The smallest absolute Gasteiger partial charge is 0.448 e. The number of fused-ring (bicyclic) bond motifs is 1. The topological polar surface area (TPSA) is 86.3 Å². The lowest BCUT2D eigenvalue weighted by Crippen LogP contribution is -2.41. The van der Waals surface area contributed by atoms with Crippen LogP contribution in [0.5, 0.6) is 0 Å². The highest BCUT2D eigenvalue weighted by Crippen LogP contribution is 2.29. The van der Waals surface area contributed by atoms with Gasteiger partial charge in [0, 0.05) is 25.2 Å². The molecule has 2 heterocycles. The fourth-order valence-corrected chi connectivity index (χ4v) is 2.85. The molecule has 158 valence electrons. The van der Waals surface area contributed by atoms with Crippen LogP contribution in [0.2, 0.25) is 0 Å². The fourth-order valence-electron chi connectivity index (χ4n) is 2.85. The van der Waals surface area contributed by atoms with E-state index in [4.69, 9.17) is 10.5 Å². The van der Waals surface area contributed by atoms with Crippen LogP contribution in [0.4, 0.5) is 31.1 Å². The Balaban J connectivity index is 1.55. The number of carbonyl (C=O) groups is 1. The zero-order valence-electron chi connectivity index (χ0n) is 14.7. The monoisotopic (exact) mass is 423 g/mol. The minimum Gasteiger partial charge on any atom is -0.448 e. The summed E-state index contributed by atoms with van der Waals surface area (Å²) >= 11 is 0. The lowest BCUT2D eigenvalue weighted by molar-refractivity contribution is -0.147. The maximum Gasteiger partial charge on any atom is 0.451 e. The first kappa shape index (κ1) is 20.9. The quantitative estimate of drug-likeness (QED) is 0.602. The van der Waals surface area contributed by atoms with Gasteiger partial charge in [0.2, 0.25) is 5.82 Å². The predicted octanol–water partition coefficient (Wildman–Crippen LogP) is 2.24. The number of rotatable bonds is 4. The Labute approximate surface area is 160 Å². The molecule has 3 rings (SSSR count). The van der Waals surface area contributed by atoms with E-state index < -0.39 is 41.6 Å². The van der Waals surface area contributed by atoms with E-state index in [9.17, 15) is 31.1 Å². The number of carbonyl (C=O) groups excluding carboxylic acids is 1. The van der Waals surface area contributed by atoms with Gasteiger partial charge in [-0.3, -0.25) is 4.90 Å². The summed E-state index contributed by atoms with van der Waals surface area (Å²) in [7, 11) is 0. The Bertz CT molecular complexity index is 916. The number of hydrogen-bond donors (Lipinski definition) is 1. The molecule has 13 heteroatoms. The number of halogens is 6. The van der Waals surface area contributed by atoms with Crippen molar-refractivity contribution in [2.24, 2.45) is 5.73 Å². The van der Waals surface area contributed by atoms with Crippen LogP contribution in [0.3, 0.4) is 0 Å². The molecule has 0 fully saturated rings. The number of hydrogen-bond acceptors (Lipinski definition) is 5. The molecule has 0 spiro atoms. The molecule has 1 aliphatic heterocycles. The molecule has 0 unspecified atom stereocenters. The zero-order valence-corrected chi connectivity index (χ0v) is 14.7. The van der Waals surface area contributed by atoms with Crippen molar-refractivity contribution in [3.8, 4) is 0 Å². The molecule has 0 saturated carbocycles. The molecule has 1 aromatic carbocycles. The standard InChI is InChI=1S/C16H15F6N5O2/c17-10-5-12(19)11(18)4-8(10)3-9(23)7-29-15(28)26-1-2-27-13(6-26)24-25-14(27)16(20,21)22/h4-5,9H,1-3,6-7,23H2/t9-/m1/s1.